The number of carbonyl (C=O) groups is 11. The van der Waals surface area contributed by atoms with E-state index >= 15 is 0 Å². The maximum atomic E-state index is 11.5. The summed E-state index contributed by atoms with van der Waals surface area (Å²) in [5.74, 6) is -0.199. The first-order valence-corrected chi connectivity index (χ1v) is 29.3. The Morgan fingerprint density at radius 1 is 0.513 bits per heavy atom. The van der Waals surface area contributed by atoms with E-state index in [0.29, 0.717) is 82.5 Å². The lowest BCUT2D eigenvalue weighted by molar-refractivity contribution is -0.197. The van der Waals surface area contributed by atoms with Crippen LogP contribution in [-0.4, -0.2) is 193 Å². The molecule has 0 aromatic carbocycles. The summed E-state index contributed by atoms with van der Waals surface area (Å²) in [6.07, 6.45) is 8.58. The van der Waals surface area contributed by atoms with Crippen molar-refractivity contribution in [3.63, 3.8) is 0 Å². The lowest BCUT2D eigenvalue weighted by Gasteiger charge is -2.12. The molecule has 0 saturated carbocycles. The highest BCUT2D eigenvalue weighted by atomic mass is 79.9. The van der Waals surface area contributed by atoms with Gasteiger partial charge in [-0.3, -0.25) is 47.9 Å². The molecule has 76 heavy (non-hydrogen) atoms. The van der Waals surface area contributed by atoms with E-state index in [9.17, 15) is 52.7 Å². The molecule has 444 valence electrons. The van der Waals surface area contributed by atoms with Crippen LogP contribution in [-0.2, 0) is 71.8 Å². The molecule has 28 heteroatoms. The standard InChI is InChI=1S/C14H27N3O4S.C9H11BrN2O5.C9H19NO2.C8H17NO2S.C6H11BrN2O2.C2H6/c1-15-12(18)6-8-17-14(20)11-22-10-3-5-13(19)16-7-4-9-21-2;10-5-6(13)11-4-3-9(16)17-12-7(14)1-2-8(12)15;1-3-4-6-9(11)10-7-5-8-12-2;1-11-6-3-5-9-8(10)4-2-7-12;1-8-5(10)2-3-9-6(11)4-7;1-2/h3-11H2,1-2H3,(H,15,18)(H,16,19)(H,17,20);1-5H2,(H,11,13);3-8H2,1-2H3,(H,10,11);12H,2-7H2,1H3,(H,9,10);2-4H2,1H3,(H,8,10)(H,9,11);1-2H3. The van der Waals surface area contributed by atoms with Gasteiger partial charge in [-0.2, -0.15) is 24.4 Å². The first-order valence-electron chi connectivity index (χ1n) is 25.3. The molecule has 0 aromatic rings. The second-order valence-electron chi connectivity index (χ2n) is 15.1. The van der Waals surface area contributed by atoms with Crippen LogP contribution in [0.4, 0.5) is 0 Å². The van der Waals surface area contributed by atoms with E-state index in [1.165, 1.54) is 11.8 Å². The molecule has 0 unspecified atom stereocenters. The van der Waals surface area contributed by atoms with Crippen molar-refractivity contribution in [2.24, 2.45) is 0 Å². The van der Waals surface area contributed by atoms with Crippen LogP contribution in [0.2, 0.25) is 0 Å². The van der Waals surface area contributed by atoms with Crippen LogP contribution >= 0.6 is 56.3 Å². The normalized spacial score (nSPS) is 10.8. The lowest BCUT2D eigenvalue weighted by atomic mass is 10.2. The number of nitrogens with zero attached hydrogens (tertiary/aromatic N) is 1. The van der Waals surface area contributed by atoms with Crippen LogP contribution in [0.25, 0.3) is 0 Å². The highest BCUT2D eigenvalue weighted by Gasteiger charge is 2.32. The van der Waals surface area contributed by atoms with Gasteiger partial charge in [0.1, 0.15) is 0 Å². The Bertz CT molecular complexity index is 1520. The van der Waals surface area contributed by atoms with Crippen molar-refractivity contribution in [2.75, 3.05) is 122 Å². The Balaban J connectivity index is -0.000000281. The molecule has 0 aromatic heterocycles. The van der Waals surface area contributed by atoms with E-state index in [4.69, 9.17) is 14.2 Å². The number of unbranched alkanes of at least 4 members (excludes halogenated alkanes) is 1. The molecule has 0 radical (unpaired) electrons. The van der Waals surface area contributed by atoms with Gasteiger partial charge in [-0.25, -0.2) is 4.79 Å². The molecule has 1 aliphatic rings. The molecule has 1 rings (SSSR count). The van der Waals surface area contributed by atoms with Gasteiger partial charge in [0, 0.05) is 139 Å². The number of ether oxygens (including phenoxy) is 3. The molecule has 1 fully saturated rings. The van der Waals surface area contributed by atoms with Crippen molar-refractivity contribution in [1.29, 1.82) is 0 Å². The maximum absolute atomic E-state index is 11.5. The average Bonchev–Trinajstić information content (AvgIpc) is 3.73. The van der Waals surface area contributed by atoms with Gasteiger partial charge in [0.2, 0.25) is 47.3 Å². The number of hydrogen-bond donors (Lipinski definition) is 9. The van der Waals surface area contributed by atoms with Crippen molar-refractivity contribution in [1.82, 2.24) is 47.6 Å². The molecule has 0 aliphatic carbocycles. The maximum Gasteiger partial charge on any atom is 0.334 e. The Morgan fingerprint density at radius 3 is 1.25 bits per heavy atom. The third-order valence-corrected chi connectivity index (χ3v) is 11.2. The van der Waals surface area contributed by atoms with E-state index in [-0.39, 0.29) is 90.1 Å². The summed E-state index contributed by atoms with van der Waals surface area (Å²) < 4.78 is 14.6. The Kier molecular flexibility index (Phi) is 67.4. The summed E-state index contributed by atoms with van der Waals surface area (Å²) in [5.41, 5.74) is 0. The first kappa shape index (κ1) is 80.8. The van der Waals surface area contributed by atoms with Crippen molar-refractivity contribution >= 4 is 121 Å². The van der Waals surface area contributed by atoms with Gasteiger partial charge in [0.15, 0.2) is 0 Å². The Labute approximate surface area is 477 Å². The molecule has 8 N–H and O–H groups in total. The number of rotatable bonds is 36. The van der Waals surface area contributed by atoms with E-state index < -0.39 is 17.8 Å². The number of amides is 10. The molecule has 0 bridgehead atoms. The Hall–Kier alpha value is -4.09. The summed E-state index contributed by atoms with van der Waals surface area (Å²) >= 11 is 11.4. The molecule has 1 heterocycles. The zero-order valence-electron chi connectivity index (χ0n) is 46.2. The van der Waals surface area contributed by atoms with Crippen LogP contribution in [0, 0.1) is 0 Å². The number of thiol groups is 1. The van der Waals surface area contributed by atoms with Gasteiger partial charge < -0.3 is 61.6 Å². The highest BCUT2D eigenvalue weighted by molar-refractivity contribution is 9.09. The van der Waals surface area contributed by atoms with E-state index in [2.05, 4.69) is 98.8 Å². The predicted octanol–water partition coefficient (Wildman–Crippen LogP) is 2.24. The SMILES string of the molecule is CC.CCCCC(=O)NCCCOC.CNC(=O)CCNC(=O)CBr.CNC(=O)CCNC(=O)CSCCCC(=O)NCCCOC.COCCCNC(=O)CCCS.O=C(CBr)NCCC(=O)ON1C(=O)CCC1=O. The zero-order chi connectivity index (χ0) is 58.6. The van der Waals surface area contributed by atoms with Gasteiger partial charge in [-0.05, 0) is 50.0 Å². The number of nitrogens with one attached hydrogen (secondary N) is 8. The van der Waals surface area contributed by atoms with Gasteiger partial charge in [-0.1, -0.05) is 59.1 Å². The second-order valence-corrected chi connectivity index (χ2v) is 17.8. The summed E-state index contributed by atoms with van der Waals surface area (Å²) in [7, 11) is 8.08. The number of imide groups is 1. The number of carbonyl (C=O) groups excluding carboxylic acids is 11. The number of halogens is 2. The highest BCUT2D eigenvalue weighted by Crippen LogP contribution is 2.12. The summed E-state index contributed by atoms with van der Waals surface area (Å²) in [4.78, 5) is 126. The van der Waals surface area contributed by atoms with Crippen LogP contribution in [0.1, 0.15) is 117 Å². The Morgan fingerprint density at radius 2 is 0.882 bits per heavy atom. The molecular weight excluding hydrogens is 1170 g/mol. The van der Waals surface area contributed by atoms with Gasteiger partial charge in [0.25, 0.3) is 11.8 Å². The van der Waals surface area contributed by atoms with E-state index in [1.807, 2.05) is 13.8 Å². The third kappa shape index (κ3) is 62.4. The number of hydroxylamine groups is 2. The lowest BCUT2D eigenvalue weighted by Crippen LogP contribution is -2.34. The van der Waals surface area contributed by atoms with Crippen LogP contribution in [0.15, 0.2) is 0 Å². The van der Waals surface area contributed by atoms with Gasteiger partial charge in [0.05, 0.1) is 22.8 Å². The summed E-state index contributed by atoms with van der Waals surface area (Å²) in [6, 6.07) is 0. The van der Waals surface area contributed by atoms with Crippen molar-refractivity contribution in [3.8, 4) is 0 Å². The minimum atomic E-state index is -0.733. The van der Waals surface area contributed by atoms with Crippen molar-refractivity contribution in [3.05, 3.63) is 0 Å². The largest absolute Gasteiger partial charge is 0.385 e. The molecular formula is C48H91Br2N9O15S2. The molecule has 1 saturated heterocycles. The topological polar surface area (TPSA) is 324 Å². The fraction of sp³-hybridized carbons (Fsp3) is 0.771. The van der Waals surface area contributed by atoms with Crippen LogP contribution in [0.3, 0.4) is 0 Å². The number of alkyl halides is 2. The zero-order valence-corrected chi connectivity index (χ0v) is 51.1. The molecule has 10 amide bonds. The smallest absolute Gasteiger partial charge is 0.334 e. The fourth-order valence-electron chi connectivity index (χ4n) is 4.81. The third-order valence-electron chi connectivity index (χ3n) is 8.79. The first-order chi connectivity index (χ1) is 36.5. The molecule has 1 aliphatic heterocycles. The minimum absolute atomic E-state index is 0.0340. The molecule has 24 nitrogen and oxygen atoms in total. The van der Waals surface area contributed by atoms with Gasteiger partial charge in [-0.15, -0.1) is 5.06 Å². The monoisotopic (exact) mass is 1260 g/mol. The van der Waals surface area contributed by atoms with E-state index in [1.54, 1.807) is 35.4 Å². The van der Waals surface area contributed by atoms with Gasteiger partial charge >= 0.3 is 5.97 Å². The second kappa shape index (κ2) is 63.4. The van der Waals surface area contributed by atoms with Crippen LogP contribution in [0.5, 0.6) is 0 Å². The number of methoxy groups -OCH3 is 3. The summed E-state index contributed by atoms with van der Waals surface area (Å²) in [5, 5.41) is 22.0. The van der Waals surface area contributed by atoms with Crippen LogP contribution < -0.4 is 42.5 Å². The number of thioether (sulfide) groups is 1. The minimum Gasteiger partial charge on any atom is -0.385 e. The fourth-order valence-corrected chi connectivity index (χ4v) is 6.15. The average molecular weight is 1260 g/mol. The molecule has 0 atom stereocenters. The predicted molar refractivity (Wildman–Crippen MR) is 305 cm³/mol. The van der Waals surface area contributed by atoms with Crippen molar-refractivity contribution < 1.29 is 71.8 Å². The number of hydrogen-bond acceptors (Lipinski definition) is 17. The van der Waals surface area contributed by atoms with E-state index in [0.717, 1.165) is 63.0 Å². The van der Waals surface area contributed by atoms with Crippen molar-refractivity contribution in [2.45, 2.75) is 117 Å². The summed E-state index contributed by atoms with van der Waals surface area (Å²) in [6.45, 7) is 11.1. The molecule has 0 spiro atoms. The quantitative estimate of drug-likeness (QED) is 0.0188.